The number of carboxylic acid groups (broad SMARTS) is 1. The zero-order valence-electron chi connectivity index (χ0n) is 19.2. The molecule has 0 radical (unpaired) electrons. The maximum Gasteiger partial charge on any atom is 0.573 e. The molecule has 2 N–H and O–H groups in total. The van der Waals surface area contributed by atoms with E-state index >= 15 is 0 Å². The molecule has 1 unspecified atom stereocenters. The molecule has 3 aromatic rings. The molecule has 0 heterocycles. The summed E-state index contributed by atoms with van der Waals surface area (Å²) in [5.41, 5.74) is 1.91. The van der Waals surface area contributed by atoms with Crippen LogP contribution in [0, 0.1) is 0 Å². The number of benzene rings is 3. The van der Waals surface area contributed by atoms with Gasteiger partial charge in [-0.25, -0.2) is 9.59 Å². The molecule has 1 atom stereocenters. The van der Waals surface area contributed by atoms with Crippen molar-refractivity contribution in [3.63, 3.8) is 0 Å². The Morgan fingerprint density at radius 1 is 0.944 bits per heavy atom. The van der Waals surface area contributed by atoms with Gasteiger partial charge in [-0.15, -0.1) is 13.2 Å². The fourth-order valence-corrected chi connectivity index (χ4v) is 3.43. The minimum atomic E-state index is -4.75. The van der Waals surface area contributed by atoms with E-state index in [9.17, 15) is 27.9 Å². The van der Waals surface area contributed by atoms with Gasteiger partial charge in [0.1, 0.15) is 17.5 Å². The summed E-state index contributed by atoms with van der Waals surface area (Å²) in [5, 5.41) is 12.6. The molecule has 0 saturated heterocycles. The standard InChI is InChI=1S/C26H24F3NO6/c1-34-25(33)21-7-2-3-8-22(21)30-23(24(31)32)16-18-9-11-19(12-10-18)35-14-13-17-5-4-6-20(15-17)36-26(27,28)29/h2-12,15,23,30H,13-14,16H2,1H3,(H,31,32). The third-order valence-corrected chi connectivity index (χ3v) is 5.11. The van der Waals surface area contributed by atoms with Crippen molar-refractivity contribution >= 4 is 17.6 Å². The van der Waals surface area contributed by atoms with Gasteiger partial charge in [-0.2, -0.15) is 0 Å². The van der Waals surface area contributed by atoms with Gasteiger partial charge in [0.05, 0.1) is 19.3 Å². The molecule has 0 saturated carbocycles. The van der Waals surface area contributed by atoms with E-state index in [1.165, 1.54) is 25.3 Å². The number of hydrogen-bond acceptors (Lipinski definition) is 6. The molecule has 3 rings (SSSR count). The first kappa shape index (κ1) is 26.4. The van der Waals surface area contributed by atoms with E-state index in [4.69, 9.17) is 9.47 Å². The molecule has 0 bridgehead atoms. The van der Waals surface area contributed by atoms with Gasteiger partial charge in [-0.1, -0.05) is 36.4 Å². The minimum Gasteiger partial charge on any atom is -0.493 e. The van der Waals surface area contributed by atoms with Crippen LogP contribution in [0.15, 0.2) is 72.8 Å². The molecule has 0 aliphatic rings. The van der Waals surface area contributed by atoms with Gasteiger partial charge < -0.3 is 24.6 Å². The molecule has 0 amide bonds. The Hall–Kier alpha value is -4.21. The second kappa shape index (κ2) is 12.0. The number of para-hydroxylation sites is 1. The lowest BCUT2D eigenvalue weighted by atomic mass is 10.0. The normalized spacial score (nSPS) is 11.9. The second-order valence-corrected chi connectivity index (χ2v) is 7.71. The summed E-state index contributed by atoms with van der Waals surface area (Å²) >= 11 is 0. The van der Waals surface area contributed by atoms with Crippen molar-refractivity contribution in [1.29, 1.82) is 0 Å². The zero-order valence-corrected chi connectivity index (χ0v) is 19.2. The smallest absolute Gasteiger partial charge is 0.493 e. The fraction of sp³-hybridized carbons (Fsp3) is 0.231. The Labute approximate surface area is 205 Å². The highest BCUT2D eigenvalue weighted by Gasteiger charge is 2.31. The predicted octanol–water partition coefficient (Wildman–Crippen LogP) is 5.10. The second-order valence-electron chi connectivity index (χ2n) is 7.71. The van der Waals surface area contributed by atoms with Crippen LogP contribution >= 0.6 is 0 Å². The number of rotatable bonds is 11. The molecule has 10 heteroatoms. The van der Waals surface area contributed by atoms with Gasteiger partial charge in [0.2, 0.25) is 0 Å². The molecule has 3 aromatic carbocycles. The van der Waals surface area contributed by atoms with Crippen molar-refractivity contribution in [2.75, 3.05) is 19.0 Å². The molecular weight excluding hydrogens is 479 g/mol. The van der Waals surface area contributed by atoms with Crippen LogP contribution < -0.4 is 14.8 Å². The number of nitrogens with one attached hydrogen (secondary N) is 1. The van der Waals surface area contributed by atoms with Crippen LogP contribution in [-0.4, -0.2) is 43.2 Å². The number of ether oxygens (including phenoxy) is 3. The number of carbonyl (C=O) groups is 2. The number of halogens is 3. The molecule has 190 valence electrons. The Morgan fingerprint density at radius 2 is 1.67 bits per heavy atom. The largest absolute Gasteiger partial charge is 0.573 e. The number of alkyl halides is 3. The van der Waals surface area contributed by atoms with Gasteiger partial charge in [0.15, 0.2) is 0 Å². The molecule has 0 fully saturated rings. The Bertz CT molecular complexity index is 1180. The van der Waals surface area contributed by atoms with E-state index in [0.29, 0.717) is 23.4 Å². The van der Waals surface area contributed by atoms with E-state index in [1.54, 1.807) is 54.6 Å². The number of carboxylic acids is 1. The molecule has 0 aliphatic heterocycles. The van der Waals surface area contributed by atoms with Crippen molar-refractivity contribution in [3.05, 3.63) is 89.5 Å². The summed E-state index contributed by atoms with van der Waals surface area (Å²) < 4.78 is 51.4. The molecule has 0 aromatic heterocycles. The van der Waals surface area contributed by atoms with Gasteiger partial charge >= 0.3 is 18.3 Å². The Kier molecular flexibility index (Phi) is 8.77. The van der Waals surface area contributed by atoms with Crippen LogP contribution in [-0.2, 0) is 22.4 Å². The summed E-state index contributed by atoms with van der Waals surface area (Å²) in [6.45, 7) is 0.221. The summed E-state index contributed by atoms with van der Waals surface area (Å²) in [7, 11) is 1.25. The maximum atomic E-state index is 12.4. The monoisotopic (exact) mass is 503 g/mol. The number of aliphatic carboxylic acids is 1. The minimum absolute atomic E-state index is 0.136. The first-order chi connectivity index (χ1) is 17.1. The van der Waals surface area contributed by atoms with Crippen molar-refractivity contribution in [3.8, 4) is 11.5 Å². The molecule has 7 nitrogen and oxygen atoms in total. The van der Waals surface area contributed by atoms with Gasteiger partial charge in [-0.05, 0) is 47.5 Å². The van der Waals surface area contributed by atoms with E-state index < -0.39 is 24.3 Å². The Morgan fingerprint density at radius 3 is 2.33 bits per heavy atom. The SMILES string of the molecule is COC(=O)c1ccccc1NC(Cc1ccc(OCCc2cccc(OC(F)(F)F)c2)cc1)C(=O)O. The van der Waals surface area contributed by atoms with E-state index in [-0.39, 0.29) is 24.3 Å². The topological polar surface area (TPSA) is 94.1 Å². The number of anilines is 1. The molecule has 36 heavy (non-hydrogen) atoms. The lowest BCUT2D eigenvalue weighted by molar-refractivity contribution is -0.274. The lowest BCUT2D eigenvalue weighted by Gasteiger charge is -2.18. The third kappa shape index (κ3) is 7.93. The molecular formula is C26H24F3NO6. The van der Waals surface area contributed by atoms with Crippen LogP contribution in [0.2, 0.25) is 0 Å². The fourth-order valence-electron chi connectivity index (χ4n) is 3.43. The van der Waals surface area contributed by atoms with Crippen molar-refractivity contribution in [1.82, 2.24) is 0 Å². The summed E-state index contributed by atoms with van der Waals surface area (Å²) in [4.78, 5) is 23.8. The number of hydrogen-bond donors (Lipinski definition) is 2. The van der Waals surface area contributed by atoms with Crippen molar-refractivity contribution < 1.29 is 42.1 Å². The van der Waals surface area contributed by atoms with Gasteiger partial charge in [0, 0.05) is 18.5 Å². The first-order valence-electron chi connectivity index (χ1n) is 10.9. The highest BCUT2D eigenvalue weighted by Crippen LogP contribution is 2.24. The van der Waals surface area contributed by atoms with Crippen molar-refractivity contribution in [2.45, 2.75) is 25.2 Å². The average molecular weight is 503 g/mol. The zero-order chi connectivity index (χ0) is 26.1. The third-order valence-electron chi connectivity index (χ3n) is 5.11. The highest BCUT2D eigenvalue weighted by atomic mass is 19.4. The molecule has 0 spiro atoms. The van der Waals surface area contributed by atoms with Crippen LogP contribution in [0.3, 0.4) is 0 Å². The van der Waals surface area contributed by atoms with Crippen molar-refractivity contribution in [2.24, 2.45) is 0 Å². The van der Waals surface area contributed by atoms with Crippen LogP contribution in [0.5, 0.6) is 11.5 Å². The van der Waals surface area contributed by atoms with Gasteiger partial charge in [-0.3, -0.25) is 0 Å². The quantitative estimate of drug-likeness (QED) is 0.352. The average Bonchev–Trinajstić information content (AvgIpc) is 2.83. The number of carbonyl (C=O) groups excluding carboxylic acids is 1. The van der Waals surface area contributed by atoms with Crippen LogP contribution in [0.1, 0.15) is 21.5 Å². The Balaban J connectivity index is 1.57. The number of esters is 1. The molecule has 0 aliphatic carbocycles. The number of methoxy groups -OCH3 is 1. The van der Waals surface area contributed by atoms with Crippen LogP contribution in [0.25, 0.3) is 0 Å². The summed E-state index contributed by atoms with van der Waals surface area (Å²) in [5.74, 6) is -1.44. The highest BCUT2D eigenvalue weighted by molar-refractivity contribution is 5.96. The van der Waals surface area contributed by atoms with E-state index in [1.807, 2.05) is 0 Å². The van der Waals surface area contributed by atoms with E-state index in [0.717, 1.165) is 5.56 Å². The van der Waals surface area contributed by atoms with E-state index in [2.05, 4.69) is 10.1 Å². The first-order valence-corrected chi connectivity index (χ1v) is 10.9. The van der Waals surface area contributed by atoms with Gasteiger partial charge in [0.25, 0.3) is 0 Å². The maximum absolute atomic E-state index is 12.4. The lowest BCUT2D eigenvalue weighted by Crippen LogP contribution is -2.32. The van der Waals surface area contributed by atoms with Crippen LogP contribution in [0.4, 0.5) is 18.9 Å². The summed E-state index contributed by atoms with van der Waals surface area (Å²) in [6.07, 6.45) is -4.25. The summed E-state index contributed by atoms with van der Waals surface area (Å²) in [6, 6.07) is 17.9. The predicted molar refractivity (Wildman–Crippen MR) is 125 cm³/mol.